The van der Waals surface area contributed by atoms with Crippen LogP contribution in [-0.2, 0) is 19.1 Å². The summed E-state index contributed by atoms with van der Waals surface area (Å²) in [6, 6.07) is 2.29. The van der Waals surface area contributed by atoms with Crippen molar-refractivity contribution >= 4 is 24.4 Å². The molecule has 0 saturated heterocycles. The summed E-state index contributed by atoms with van der Waals surface area (Å²) in [4.78, 5) is 79.7. The van der Waals surface area contributed by atoms with Gasteiger partial charge in [-0.25, -0.2) is 0 Å². The van der Waals surface area contributed by atoms with Crippen molar-refractivity contribution in [3.8, 4) is 0 Å². The molecule has 16 heteroatoms. The maximum Gasteiger partial charge on any atom is 0.294 e. The molecule has 36 heavy (non-hydrogen) atoms. The molecule has 1 aromatic rings. The van der Waals surface area contributed by atoms with Gasteiger partial charge in [-0.05, 0) is 12.1 Å². The van der Waals surface area contributed by atoms with E-state index in [0.29, 0.717) is 12.6 Å². The van der Waals surface area contributed by atoms with Crippen molar-refractivity contribution in [1.82, 2.24) is 9.80 Å². The van der Waals surface area contributed by atoms with Crippen LogP contribution in [0.3, 0.4) is 0 Å². The third kappa shape index (κ3) is 9.98. The van der Waals surface area contributed by atoms with Crippen LogP contribution < -0.4 is 0 Å². The second-order valence-electron chi connectivity index (χ2n) is 7.05. The number of amides is 2. The lowest BCUT2D eigenvalue weighted by molar-refractivity contribution is -0.758. The molecule has 16 nitrogen and oxygen atoms in total. The Morgan fingerprint density at radius 3 is 1.47 bits per heavy atom. The first-order valence-corrected chi connectivity index (χ1v) is 10.4. The first kappa shape index (κ1) is 29.9. The molecule has 0 radical (unpaired) electrons. The minimum atomic E-state index is -0.957. The molecule has 0 aliphatic rings. The molecule has 0 unspecified atom stereocenters. The lowest BCUT2D eigenvalue weighted by atomic mass is 9.97. The van der Waals surface area contributed by atoms with Crippen molar-refractivity contribution in [2.24, 2.45) is 0 Å². The number of likely N-dealkylation sites (N-methyl/N-ethyl adjacent to an activating group) is 2. The summed E-state index contributed by atoms with van der Waals surface area (Å²) in [6.45, 7) is -0.534. The molecule has 0 bridgehead atoms. The predicted octanol–water partition coefficient (Wildman–Crippen LogP) is -0.0946. The molecule has 1 aromatic carbocycles. The average Bonchev–Trinajstić information content (AvgIpc) is 2.85. The fraction of sp³-hybridized carbons (Fsp3) is 0.500. The van der Waals surface area contributed by atoms with E-state index >= 15 is 0 Å². The number of rotatable bonds is 18. The van der Waals surface area contributed by atoms with Gasteiger partial charge >= 0.3 is 0 Å². The molecular formula is C20H26N4O12. The van der Waals surface area contributed by atoms with E-state index in [9.17, 15) is 39.4 Å². The summed E-state index contributed by atoms with van der Waals surface area (Å²) in [7, 11) is 2.85. The van der Waals surface area contributed by atoms with Gasteiger partial charge in [0.15, 0.2) is 12.6 Å². The highest BCUT2D eigenvalue weighted by molar-refractivity contribution is 6.08. The number of carbonyl (C=O) groups is 4. The van der Waals surface area contributed by atoms with Gasteiger partial charge in [-0.1, -0.05) is 0 Å². The minimum absolute atomic E-state index is 0.0212. The molecule has 0 heterocycles. The van der Waals surface area contributed by atoms with Crippen molar-refractivity contribution in [3.05, 3.63) is 54.6 Å². The molecule has 0 N–H and O–H groups in total. The zero-order chi connectivity index (χ0) is 27.1. The van der Waals surface area contributed by atoms with Crippen LogP contribution in [0.15, 0.2) is 12.1 Å². The van der Waals surface area contributed by atoms with Gasteiger partial charge in [-0.15, -0.1) is 20.2 Å². The number of carbonyl (C=O) groups excluding carboxylic acids is 4. The van der Waals surface area contributed by atoms with Gasteiger partial charge in [-0.2, -0.15) is 0 Å². The third-order valence-corrected chi connectivity index (χ3v) is 4.62. The van der Waals surface area contributed by atoms with Gasteiger partial charge in [0.05, 0.1) is 37.6 Å². The third-order valence-electron chi connectivity index (χ3n) is 4.62. The second kappa shape index (κ2) is 15.7. The first-order valence-electron chi connectivity index (χ1n) is 10.4. The summed E-state index contributed by atoms with van der Waals surface area (Å²) in [5.74, 6) is -1.24. The van der Waals surface area contributed by atoms with E-state index in [1.807, 2.05) is 0 Å². The van der Waals surface area contributed by atoms with E-state index < -0.39 is 22.0 Å². The monoisotopic (exact) mass is 514 g/mol. The second-order valence-corrected chi connectivity index (χ2v) is 7.05. The maximum absolute atomic E-state index is 12.9. The molecule has 1 rings (SSSR count). The van der Waals surface area contributed by atoms with Crippen molar-refractivity contribution in [2.45, 2.75) is 0 Å². The van der Waals surface area contributed by atoms with Crippen LogP contribution in [0.5, 0.6) is 0 Å². The van der Waals surface area contributed by atoms with Crippen LogP contribution >= 0.6 is 0 Å². The predicted molar refractivity (Wildman–Crippen MR) is 119 cm³/mol. The Bertz CT molecular complexity index is 884. The number of hydrogen-bond donors (Lipinski definition) is 0. The highest BCUT2D eigenvalue weighted by Crippen LogP contribution is 2.18. The van der Waals surface area contributed by atoms with E-state index in [2.05, 4.69) is 9.68 Å². The van der Waals surface area contributed by atoms with E-state index in [4.69, 9.17) is 9.47 Å². The SMILES string of the molecule is CN(CCOCCO[N+](=O)[O-])C(=O)c1cc(C(=O)N(C)CCOCCO[N+](=O)[O-])c(C=O)cc1C=O. The number of nitrogens with zero attached hydrogens (tertiary/aromatic N) is 4. The molecule has 0 saturated carbocycles. The summed E-state index contributed by atoms with van der Waals surface area (Å²) < 4.78 is 10.3. The van der Waals surface area contributed by atoms with Crippen LogP contribution in [0.25, 0.3) is 0 Å². The normalized spacial score (nSPS) is 10.3. The van der Waals surface area contributed by atoms with Crippen LogP contribution in [0.1, 0.15) is 41.4 Å². The molecule has 0 aliphatic carbocycles. The zero-order valence-corrected chi connectivity index (χ0v) is 19.7. The molecular weight excluding hydrogens is 488 g/mol. The number of hydrogen-bond acceptors (Lipinski definition) is 12. The van der Waals surface area contributed by atoms with E-state index in [0.717, 1.165) is 12.1 Å². The standard InChI is InChI=1S/C20H26N4O12/c1-21(3-5-33-7-9-35-23(29)30)19(27)17-12-18(16(14-26)11-15(17)13-25)20(28)22(2)4-6-34-8-10-36-24(31)32/h11-14H,3-10H2,1-2H3. The van der Waals surface area contributed by atoms with E-state index in [-0.39, 0.29) is 75.0 Å². The molecule has 0 spiro atoms. The minimum Gasteiger partial charge on any atom is -0.378 e. The molecule has 0 aliphatic heterocycles. The smallest absolute Gasteiger partial charge is 0.294 e. The summed E-state index contributed by atoms with van der Waals surface area (Å²) in [5.41, 5.74) is -0.412. The van der Waals surface area contributed by atoms with Gasteiger partial charge in [-0.3, -0.25) is 19.2 Å². The zero-order valence-electron chi connectivity index (χ0n) is 19.7. The Labute approximate surface area is 204 Å². The Balaban J connectivity index is 2.85. The largest absolute Gasteiger partial charge is 0.378 e. The Kier molecular flexibility index (Phi) is 13.0. The number of benzene rings is 1. The van der Waals surface area contributed by atoms with Crippen molar-refractivity contribution in [3.63, 3.8) is 0 Å². The van der Waals surface area contributed by atoms with E-state index in [1.54, 1.807) is 0 Å². The Hall–Kier alpha value is -4.18. The quantitative estimate of drug-likeness (QED) is 0.109. The fourth-order valence-electron chi connectivity index (χ4n) is 2.76. The maximum atomic E-state index is 12.9. The fourth-order valence-corrected chi connectivity index (χ4v) is 2.76. The van der Waals surface area contributed by atoms with Gasteiger partial charge < -0.3 is 28.9 Å². The van der Waals surface area contributed by atoms with Crippen LogP contribution in [0, 0.1) is 20.2 Å². The summed E-state index contributed by atoms with van der Waals surface area (Å²) in [5, 5.41) is 18.3. The molecule has 0 atom stereocenters. The Morgan fingerprint density at radius 2 is 1.14 bits per heavy atom. The highest BCUT2D eigenvalue weighted by Gasteiger charge is 2.23. The lowest BCUT2D eigenvalue weighted by Crippen LogP contribution is -2.33. The van der Waals surface area contributed by atoms with Gasteiger partial charge in [0.25, 0.3) is 22.0 Å². The van der Waals surface area contributed by atoms with Crippen LogP contribution in [0.2, 0.25) is 0 Å². The van der Waals surface area contributed by atoms with E-state index in [1.165, 1.54) is 23.9 Å². The summed E-state index contributed by atoms with van der Waals surface area (Å²) >= 11 is 0. The van der Waals surface area contributed by atoms with Crippen molar-refractivity contribution in [1.29, 1.82) is 0 Å². The molecule has 0 aromatic heterocycles. The molecule has 0 fully saturated rings. The molecule has 2 amide bonds. The molecule has 198 valence electrons. The first-order chi connectivity index (χ1) is 17.1. The topological polar surface area (TPSA) is 198 Å². The van der Waals surface area contributed by atoms with Gasteiger partial charge in [0.2, 0.25) is 0 Å². The van der Waals surface area contributed by atoms with Crippen LogP contribution in [0.4, 0.5) is 0 Å². The number of aldehydes is 2. The summed E-state index contributed by atoms with van der Waals surface area (Å²) in [6.07, 6.45) is 0.774. The lowest BCUT2D eigenvalue weighted by Gasteiger charge is -2.21. The Morgan fingerprint density at radius 1 is 0.750 bits per heavy atom. The van der Waals surface area contributed by atoms with Gasteiger partial charge in [0.1, 0.15) is 13.2 Å². The van der Waals surface area contributed by atoms with Crippen LogP contribution in [-0.4, -0.2) is 111 Å². The number of ether oxygens (including phenoxy) is 2. The average molecular weight is 514 g/mol. The van der Waals surface area contributed by atoms with Crippen molar-refractivity contribution in [2.75, 3.05) is 66.8 Å². The highest BCUT2D eigenvalue weighted by atomic mass is 17.0. The van der Waals surface area contributed by atoms with Crippen molar-refractivity contribution < 1.29 is 48.5 Å². The van der Waals surface area contributed by atoms with Gasteiger partial charge in [0, 0.05) is 38.3 Å².